The molecule has 224 valence electrons. The molecule has 0 aliphatic carbocycles. The lowest BCUT2D eigenvalue weighted by Gasteiger charge is -2.26. The molecular weight excluding hydrogens is 508 g/mol. The first-order valence-electron chi connectivity index (χ1n) is 13.1. The van der Waals surface area contributed by atoms with Crippen LogP contribution in [0.4, 0.5) is 0 Å². The summed E-state index contributed by atoms with van der Waals surface area (Å²) >= 11 is 0. The Morgan fingerprint density at radius 3 is 1.51 bits per heavy atom. The molecule has 0 aliphatic heterocycles. The summed E-state index contributed by atoms with van der Waals surface area (Å²) in [6, 6.07) is -4.08. The van der Waals surface area contributed by atoms with Crippen molar-refractivity contribution in [1.29, 1.82) is 0 Å². The molecular formula is C24H48N10O5. The van der Waals surface area contributed by atoms with E-state index in [1.165, 1.54) is 0 Å². The number of carbonyl (C=O) groups is 4. The number of nitrogens with two attached hydrogens (primary N) is 5. The molecule has 15 nitrogen and oxygen atoms in total. The molecule has 3 amide bonds. The quantitative estimate of drug-likeness (QED) is 0.0481. The zero-order valence-corrected chi connectivity index (χ0v) is 23.5. The summed E-state index contributed by atoms with van der Waals surface area (Å²) in [5.74, 6) is -3.05. The Kier molecular flexibility index (Phi) is 16.9. The van der Waals surface area contributed by atoms with Crippen molar-refractivity contribution < 1.29 is 24.3 Å². The first-order chi connectivity index (χ1) is 18.1. The van der Waals surface area contributed by atoms with E-state index in [9.17, 15) is 24.3 Å². The lowest BCUT2D eigenvalue weighted by Crippen LogP contribution is -2.57. The van der Waals surface area contributed by atoms with E-state index in [2.05, 4.69) is 25.9 Å². The maximum atomic E-state index is 13.3. The molecule has 0 aromatic rings. The summed E-state index contributed by atoms with van der Waals surface area (Å²) in [6.45, 7) is 8.00. The number of carbonyl (C=O) groups excluding carboxylic acids is 3. The Bertz CT molecular complexity index is 854. The molecule has 0 radical (unpaired) electrons. The van der Waals surface area contributed by atoms with Gasteiger partial charge in [0.2, 0.25) is 17.7 Å². The van der Waals surface area contributed by atoms with E-state index in [1.54, 1.807) is 0 Å². The van der Waals surface area contributed by atoms with Gasteiger partial charge < -0.3 is 49.7 Å². The number of carboxylic acid groups (broad SMARTS) is 1. The lowest BCUT2D eigenvalue weighted by atomic mass is 10.0. The fraction of sp³-hybridized carbons (Fsp3) is 0.750. The molecule has 0 spiro atoms. The number of nitrogens with zero attached hydrogens (tertiary/aromatic N) is 2. The molecule has 4 atom stereocenters. The van der Waals surface area contributed by atoms with Gasteiger partial charge in [-0.15, -0.1) is 0 Å². The minimum Gasteiger partial charge on any atom is -0.480 e. The van der Waals surface area contributed by atoms with Crippen LogP contribution in [0.1, 0.15) is 66.2 Å². The number of hydrogen-bond acceptors (Lipinski definition) is 7. The van der Waals surface area contributed by atoms with Gasteiger partial charge in [0.15, 0.2) is 11.9 Å². The molecule has 0 fully saturated rings. The van der Waals surface area contributed by atoms with E-state index in [1.807, 2.05) is 27.7 Å². The predicted molar refractivity (Wildman–Crippen MR) is 150 cm³/mol. The molecule has 0 heterocycles. The maximum absolute atomic E-state index is 13.3. The lowest BCUT2D eigenvalue weighted by molar-refractivity contribution is -0.142. The molecule has 0 saturated carbocycles. The van der Waals surface area contributed by atoms with Crippen LogP contribution in [-0.2, 0) is 19.2 Å². The number of carboxylic acids is 1. The zero-order chi connectivity index (χ0) is 30.1. The first kappa shape index (κ1) is 35.4. The summed E-state index contributed by atoms with van der Waals surface area (Å²) in [6.07, 6.45) is 1.61. The van der Waals surface area contributed by atoms with Gasteiger partial charge in [0.25, 0.3) is 0 Å². The van der Waals surface area contributed by atoms with Crippen molar-refractivity contribution in [3.63, 3.8) is 0 Å². The Labute approximate surface area is 230 Å². The molecule has 0 aliphatic rings. The van der Waals surface area contributed by atoms with Gasteiger partial charge in [-0.1, -0.05) is 27.7 Å². The predicted octanol–water partition coefficient (Wildman–Crippen LogP) is -1.95. The zero-order valence-electron chi connectivity index (χ0n) is 23.5. The molecule has 0 aromatic carbocycles. The largest absolute Gasteiger partial charge is 0.480 e. The van der Waals surface area contributed by atoms with E-state index in [-0.39, 0.29) is 56.1 Å². The molecule has 39 heavy (non-hydrogen) atoms. The van der Waals surface area contributed by atoms with E-state index in [4.69, 9.17) is 28.7 Å². The van der Waals surface area contributed by atoms with Crippen molar-refractivity contribution in [3.05, 3.63) is 0 Å². The third-order valence-corrected chi connectivity index (χ3v) is 5.54. The van der Waals surface area contributed by atoms with Gasteiger partial charge in [-0.05, 0) is 50.4 Å². The molecule has 0 saturated heterocycles. The SMILES string of the molecule is CC(C)CC(N)C(=O)NC(CCCN=C(N)N)C(=O)NC(CC(C)C)C(=O)NC(CCCN=C(N)N)C(=O)O. The number of nitrogens with one attached hydrogen (secondary N) is 3. The second-order valence-corrected chi connectivity index (χ2v) is 10.3. The molecule has 0 bridgehead atoms. The van der Waals surface area contributed by atoms with E-state index in [0.717, 1.165) is 0 Å². The minimum atomic E-state index is -1.23. The fourth-order valence-electron chi connectivity index (χ4n) is 3.67. The van der Waals surface area contributed by atoms with Crippen molar-refractivity contribution in [2.45, 2.75) is 90.4 Å². The second-order valence-electron chi connectivity index (χ2n) is 10.3. The topological polar surface area (TPSA) is 279 Å². The van der Waals surface area contributed by atoms with Crippen molar-refractivity contribution in [1.82, 2.24) is 16.0 Å². The summed E-state index contributed by atoms with van der Waals surface area (Å²) < 4.78 is 0. The van der Waals surface area contributed by atoms with Gasteiger partial charge in [-0.2, -0.15) is 0 Å². The highest BCUT2D eigenvalue weighted by Gasteiger charge is 2.30. The van der Waals surface area contributed by atoms with Crippen LogP contribution in [0.2, 0.25) is 0 Å². The van der Waals surface area contributed by atoms with Crippen molar-refractivity contribution in [2.24, 2.45) is 50.5 Å². The second kappa shape index (κ2) is 18.6. The first-order valence-corrected chi connectivity index (χ1v) is 13.1. The van der Waals surface area contributed by atoms with Crippen molar-refractivity contribution >= 4 is 35.6 Å². The average Bonchev–Trinajstić information content (AvgIpc) is 2.80. The maximum Gasteiger partial charge on any atom is 0.326 e. The Balaban J connectivity index is 5.60. The summed E-state index contributed by atoms with van der Waals surface area (Å²) in [5.41, 5.74) is 27.2. The monoisotopic (exact) mass is 556 g/mol. The van der Waals surface area contributed by atoms with Gasteiger partial charge in [-0.25, -0.2) is 4.79 Å². The number of amides is 3. The van der Waals surface area contributed by atoms with Crippen LogP contribution in [0.3, 0.4) is 0 Å². The van der Waals surface area contributed by atoms with Gasteiger partial charge in [0.05, 0.1) is 6.04 Å². The van der Waals surface area contributed by atoms with Gasteiger partial charge in [-0.3, -0.25) is 24.4 Å². The van der Waals surface area contributed by atoms with Crippen LogP contribution in [-0.4, -0.2) is 78.0 Å². The standard InChI is InChI=1S/C24H48N10O5/c1-13(2)11-15(25)19(35)32-16(7-5-9-30-23(26)27)20(36)34-18(12-14(3)4)21(37)33-17(22(38)39)8-6-10-31-24(28)29/h13-18H,5-12,25H2,1-4H3,(H,32,35)(H,33,37)(H,34,36)(H,38,39)(H4,26,27,30)(H4,28,29,31). The third kappa shape index (κ3) is 16.8. The number of rotatable bonds is 19. The van der Waals surface area contributed by atoms with Gasteiger partial charge in [0.1, 0.15) is 18.1 Å². The highest BCUT2D eigenvalue weighted by molar-refractivity contribution is 5.94. The van der Waals surface area contributed by atoms with Crippen LogP contribution >= 0.6 is 0 Å². The van der Waals surface area contributed by atoms with Crippen molar-refractivity contribution in [3.8, 4) is 0 Å². The minimum absolute atomic E-state index is 0.0134. The average molecular weight is 557 g/mol. The smallest absolute Gasteiger partial charge is 0.326 e. The number of aliphatic carboxylic acids is 1. The van der Waals surface area contributed by atoms with Crippen molar-refractivity contribution in [2.75, 3.05) is 13.1 Å². The molecule has 0 aromatic heterocycles. The van der Waals surface area contributed by atoms with E-state index in [0.29, 0.717) is 19.3 Å². The Hall–Kier alpha value is -3.62. The van der Waals surface area contributed by atoms with E-state index < -0.39 is 47.9 Å². The van der Waals surface area contributed by atoms with Crippen LogP contribution in [0.15, 0.2) is 9.98 Å². The van der Waals surface area contributed by atoms with Crippen LogP contribution in [0, 0.1) is 11.8 Å². The highest BCUT2D eigenvalue weighted by atomic mass is 16.4. The molecule has 15 heteroatoms. The van der Waals surface area contributed by atoms with Crippen LogP contribution in [0.5, 0.6) is 0 Å². The van der Waals surface area contributed by atoms with Crippen LogP contribution < -0.4 is 44.6 Å². The summed E-state index contributed by atoms with van der Waals surface area (Å²) in [4.78, 5) is 58.4. The Morgan fingerprint density at radius 2 is 1.08 bits per heavy atom. The number of guanidine groups is 2. The molecule has 14 N–H and O–H groups in total. The highest BCUT2D eigenvalue weighted by Crippen LogP contribution is 2.09. The third-order valence-electron chi connectivity index (χ3n) is 5.54. The molecule has 4 unspecified atom stereocenters. The van der Waals surface area contributed by atoms with Gasteiger partial charge >= 0.3 is 5.97 Å². The molecule has 0 rings (SSSR count). The van der Waals surface area contributed by atoms with Gasteiger partial charge in [0, 0.05) is 13.1 Å². The van der Waals surface area contributed by atoms with Crippen LogP contribution in [0.25, 0.3) is 0 Å². The fourth-order valence-corrected chi connectivity index (χ4v) is 3.67. The number of hydrogen-bond donors (Lipinski definition) is 9. The normalized spacial score (nSPS) is 14.0. The summed E-state index contributed by atoms with van der Waals surface area (Å²) in [5, 5.41) is 17.4. The number of aliphatic imine (C=N–C) groups is 2. The Morgan fingerprint density at radius 1 is 0.667 bits per heavy atom. The summed E-state index contributed by atoms with van der Waals surface area (Å²) in [7, 11) is 0. The van der Waals surface area contributed by atoms with E-state index >= 15 is 0 Å².